The zero-order valence-corrected chi connectivity index (χ0v) is 10.2. The summed E-state index contributed by atoms with van der Waals surface area (Å²) < 4.78 is 0. The molecular weight excluding hydrogens is 234 g/mol. The molecule has 1 aromatic rings. The van der Waals surface area contributed by atoms with Gasteiger partial charge < -0.3 is 15.5 Å². The Labute approximate surface area is 105 Å². The maximum absolute atomic E-state index is 9.10. The molecule has 1 aromatic carbocycles. The fourth-order valence-corrected chi connectivity index (χ4v) is 1.77. The van der Waals surface area contributed by atoms with Gasteiger partial charge in [0, 0.05) is 6.04 Å². The Morgan fingerprint density at radius 3 is 2.11 bits per heavy atom. The summed E-state index contributed by atoms with van der Waals surface area (Å²) in [5.74, 6) is -3.65. The Kier molecular flexibility index (Phi) is 5.32. The van der Waals surface area contributed by atoms with Crippen molar-refractivity contribution in [1.29, 1.82) is 0 Å². The van der Waals surface area contributed by atoms with E-state index in [4.69, 9.17) is 19.8 Å². The van der Waals surface area contributed by atoms with Gasteiger partial charge in [-0.1, -0.05) is 29.8 Å². The summed E-state index contributed by atoms with van der Waals surface area (Å²) in [6.07, 6.45) is 2.61. The van der Waals surface area contributed by atoms with Crippen LogP contribution < -0.4 is 5.32 Å². The Morgan fingerprint density at radius 1 is 1.17 bits per heavy atom. The van der Waals surface area contributed by atoms with Crippen LogP contribution in [0.3, 0.4) is 0 Å². The Hall–Kier alpha value is -1.88. The van der Waals surface area contributed by atoms with Crippen molar-refractivity contribution in [2.45, 2.75) is 25.8 Å². The molecular formula is C13H17NO4. The van der Waals surface area contributed by atoms with Crippen LogP contribution in [-0.4, -0.2) is 28.7 Å². The van der Waals surface area contributed by atoms with Gasteiger partial charge in [-0.3, -0.25) is 0 Å². The highest BCUT2D eigenvalue weighted by molar-refractivity contribution is 6.27. The molecule has 5 nitrogen and oxygen atoms in total. The third kappa shape index (κ3) is 4.55. The summed E-state index contributed by atoms with van der Waals surface area (Å²) in [6, 6.07) is 9.46. The maximum atomic E-state index is 9.10. The topological polar surface area (TPSA) is 86.6 Å². The predicted molar refractivity (Wildman–Crippen MR) is 66.4 cm³/mol. The van der Waals surface area contributed by atoms with Gasteiger partial charge in [0.15, 0.2) is 0 Å². The molecule has 1 unspecified atom stereocenters. The highest BCUT2D eigenvalue weighted by Crippen LogP contribution is 2.22. The number of carboxylic acid groups (broad SMARTS) is 2. The first kappa shape index (κ1) is 14.2. The summed E-state index contributed by atoms with van der Waals surface area (Å²) >= 11 is 0. The lowest BCUT2D eigenvalue weighted by Gasteiger charge is -2.09. The van der Waals surface area contributed by atoms with Crippen molar-refractivity contribution in [3.63, 3.8) is 0 Å². The SMILES string of the molecule is Cc1ccc(C2CCCN2)cc1.O=C(O)C(=O)O. The average molecular weight is 251 g/mol. The molecule has 0 saturated carbocycles. The Bertz CT molecular complexity index is 396. The van der Waals surface area contributed by atoms with Crippen LogP contribution in [0.2, 0.25) is 0 Å². The van der Waals surface area contributed by atoms with Crippen molar-refractivity contribution in [1.82, 2.24) is 5.32 Å². The lowest BCUT2D eigenvalue weighted by Crippen LogP contribution is -2.12. The number of hydrogen-bond acceptors (Lipinski definition) is 3. The van der Waals surface area contributed by atoms with Crippen LogP contribution in [0, 0.1) is 6.92 Å². The maximum Gasteiger partial charge on any atom is 0.414 e. The van der Waals surface area contributed by atoms with Crippen LogP contribution in [-0.2, 0) is 9.59 Å². The molecule has 1 aliphatic rings. The number of aliphatic carboxylic acids is 2. The molecule has 2 rings (SSSR count). The summed E-state index contributed by atoms with van der Waals surface area (Å²) in [7, 11) is 0. The van der Waals surface area contributed by atoms with E-state index in [9.17, 15) is 0 Å². The summed E-state index contributed by atoms with van der Waals surface area (Å²) in [6.45, 7) is 3.31. The third-order valence-corrected chi connectivity index (χ3v) is 2.72. The van der Waals surface area contributed by atoms with Gasteiger partial charge in [0.25, 0.3) is 0 Å². The van der Waals surface area contributed by atoms with Gasteiger partial charge in [0.1, 0.15) is 0 Å². The highest BCUT2D eigenvalue weighted by Gasteiger charge is 2.14. The van der Waals surface area contributed by atoms with E-state index >= 15 is 0 Å². The molecule has 0 aliphatic carbocycles. The second-order valence-corrected chi connectivity index (χ2v) is 4.17. The highest BCUT2D eigenvalue weighted by atomic mass is 16.4. The second-order valence-electron chi connectivity index (χ2n) is 4.17. The summed E-state index contributed by atoms with van der Waals surface area (Å²) in [5.41, 5.74) is 2.79. The van der Waals surface area contributed by atoms with Crippen molar-refractivity contribution in [2.75, 3.05) is 6.54 Å². The van der Waals surface area contributed by atoms with Crippen LogP contribution in [0.25, 0.3) is 0 Å². The quantitative estimate of drug-likeness (QED) is 0.660. The largest absolute Gasteiger partial charge is 0.473 e. The predicted octanol–water partition coefficient (Wildman–Crippen LogP) is 1.58. The normalized spacial score (nSPS) is 17.7. The van der Waals surface area contributed by atoms with E-state index in [2.05, 4.69) is 36.5 Å². The van der Waals surface area contributed by atoms with Gasteiger partial charge >= 0.3 is 11.9 Å². The van der Waals surface area contributed by atoms with Gasteiger partial charge in [-0.2, -0.15) is 0 Å². The molecule has 1 fully saturated rings. The Morgan fingerprint density at radius 2 is 1.72 bits per heavy atom. The standard InChI is InChI=1S/C11H15N.C2H2O4/c1-9-4-6-10(7-5-9)11-3-2-8-12-11;3-1(4)2(5)6/h4-7,11-12H,2-3,8H2,1H3;(H,3,4)(H,5,6). The van der Waals surface area contributed by atoms with Gasteiger partial charge in [-0.15, -0.1) is 0 Å². The van der Waals surface area contributed by atoms with Crippen LogP contribution in [0.4, 0.5) is 0 Å². The van der Waals surface area contributed by atoms with E-state index in [1.165, 1.54) is 30.5 Å². The molecule has 0 aromatic heterocycles. The number of nitrogens with one attached hydrogen (secondary N) is 1. The first-order valence-electron chi connectivity index (χ1n) is 5.77. The van der Waals surface area contributed by atoms with Crippen LogP contribution in [0.1, 0.15) is 30.0 Å². The fraction of sp³-hybridized carbons (Fsp3) is 0.385. The summed E-state index contributed by atoms with van der Waals surface area (Å²) in [5, 5.41) is 18.3. The van der Waals surface area contributed by atoms with E-state index in [-0.39, 0.29) is 0 Å². The van der Waals surface area contributed by atoms with Crippen LogP contribution in [0.5, 0.6) is 0 Å². The zero-order chi connectivity index (χ0) is 13.5. The van der Waals surface area contributed by atoms with Gasteiger partial charge in [-0.25, -0.2) is 9.59 Å². The van der Waals surface area contributed by atoms with Crippen LogP contribution >= 0.6 is 0 Å². The minimum atomic E-state index is -1.82. The lowest BCUT2D eigenvalue weighted by molar-refractivity contribution is -0.159. The summed E-state index contributed by atoms with van der Waals surface area (Å²) in [4.78, 5) is 18.2. The van der Waals surface area contributed by atoms with Crippen molar-refractivity contribution in [3.05, 3.63) is 35.4 Å². The van der Waals surface area contributed by atoms with E-state index in [0.717, 1.165) is 0 Å². The number of benzene rings is 1. The molecule has 0 radical (unpaired) electrons. The first-order valence-corrected chi connectivity index (χ1v) is 5.77. The molecule has 18 heavy (non-hydrogen) atoms. The fourth-order valence-electron chi connectivity index (χ4n) is 1.77. The van der Waals surface area contributed by atoms with Gasteiger partial charge in [-0.05, 0) is 31.9 Å². The smallest absolute Gasteiger partial charge is 0.414 e. The minimum Gasteiger partial charge on any atom is -0.473 e. The van der Waals surface area contributed by atoms with Crippen LogP contribution in [0.15, 0.2) is 24.3 Å². The molecule has 0 spiro atoms. The molecule has 98 valence electrons. The van der Waals surface area contributed by atoms with Crippen molar-refractivity contribution in [2.24, 2.45) is 0 Å². The third-order valence-electron chi connectivity index (χ3n) is 2.72. The van der Waals surface area contributed by atoms with E-state index in [0.29, 0.717) is 6.04 Å². The molecule has 0 bridgehead atoms. The molecule has 0 amide bonds. The minimum absolute atomic E-state index is 0.616. The number of rotatable bonds is 1. The van der Waals surface area contributed by atoms with E-state index in [1.807, 2.05) is 0 Å². The number of carbonyl (C=O) groups is 2. The van der Waals surface area contributed by atoms with Crippen molar-refractivity contribution >= 4 is 11.9 Å². The van der Waals surface area contributed by atoms with E-state index in [1.54, 1.807) is 0 Å². The monoisotopic (exact) mass is 251 g/mol. The molecule has 1 atom stereocenters. The van der Waals surface area contributed by atoms with Crippen molar-refractivity contribution < 1.29 is 19.8 Å². The van der Waals surface area contributed by atoms with Gasteiger partial charge in [0.2, 0.25) is 0 Å². The average Bonchev–Trinajstić information content (AvgIpc) is 2.84. The molecule has 5 heteroatoms. The number of hydrogen-bond donors (Lipinski definition) is 3. The van der Waals surface area contributed by atoms with E-state index < -0.39 is 11.9 Å². The van der Waals surface area contributed by atoms with Crippen molar-refractivity contribution in [3.8, 4) is 0 Å². The zero-order valence-electron chi connectivity index (χ0n) is 10.2. The first-order chi connectivity index (χ1) is 8.50. The Balaban J connectivity index is 0.000000232. The lowest BCUT2D eigenvalue weighted by atomic mass is 10.0. The molecule has 1 heterocycles. The van der Waals surface area contributed by atoms with Gasteiger partial charge in [0.05, 0.1) is 0 Å². The molecule has 3 N–H and O–H groups in total. The second kappa shape index (κ2) is 6.76. The number of aryl methyl sites for hydroxylation is 1. The molecule has 1 saturated heterocycles. The number of carboxylic acids is 2. The molecule has 1 aliphatic heterocycles.